The summed E-state index contributed by atoms with van der Waals surface area (Å²) in [5.74, 6) is 0. The van der Waals surface area contributed by atoms with Gasteiger partial charge >= 0.3 is 0 Å². The number of hydrogen-bond donors (Lipinski definition) is 1. The molecule has 0 aromatic rings. The maximum Gasteiger partial charge on any atom is 0.192 e. The van der Waals surface area contributed by atoms with Crippen LogP contribution in [0, 0.1) is 0 Å². The Balaban J connectivity index is 2.62. The van der Waals surface area contributed by atoms with Gasteiger partial charge in [0, 0.05) is 6.54 Å². The Bertz CT molecular complexity index is 225. The molecule has 0 spiro atoms. The summed E-state index contributed by atoms with van der Waals surface area (Å²) in [6.07, 6.45) is 1.15. The van der Waals surface area contributed by atoms with E-state index in [0.717, 1.165) is 13.0 Å². The summed E-state index contributed by atoms with van der Waals surface area (Å²) in [5, 5.41) is 11.2. The molecule has 4 heteroatoms. The number of nitrogens with zero attached hydrogens (tertiary/aromatic N) is 1. The maximum atomic E-state index is 9.54. The summed E-state index contributed by atoms with van der Waals surface area (Å²) in [5.41, 5.74) is 0. The first-order chi connectivity index (χ1) is 6.65. The van der Waals surface area contributed by atoms with Crippen molar-refractivity contribution >= 4 is 8.32 Å². The van der Waals surface area contributed by atoms with Gasteiger partial charge in [-0.25, -0.2) is 0 Å². The van der Waals surface area contributed by atoms with E-state index in [-0.39, 0.29) is 17.2 Å². The molecular formula is C11H25NO2Si. The van der Waals surface area contributed by atoms with Gasteiger partial charge in [0.05, 0.1) is 12.1 Å². The van der Waals surface area contributed by atoms with E-state index < -0.39 is 8.32 Å². The van der Waals surface area contributed by atoms with Gasteiger partial charge in [-0.3, -0.25) is 0 Å². The third kappa shape index (κ3) is 2.81. The molecule has 1 saturated heterocycles. The second-order valence-corrected chi connectivity index (χ2v) is 10.9. The lowest BCUT2D eigenvalue weighted by Gasteiger charge is -2.39. The molecule has 0 aromatic carbocycles. The van der Waals surface area contributed by atoms with Crippen molar-refractivity contribution in [3.63, 3.8) is 0 Å². The van der Waals surface area contributed by atoms with Crippen LogP contribution in [0.25, 0.3) is 0 Å². The van der Waals surface area contributed by atoms with Crippen LogP contribution in [-0.2, 0) is 4.43 Å². The fourth-order valence-electron chi connectivity index (χ4n) is 1.61. The third-order valence-corrected chi connectivity index (χ3v) is 8.41. The average Bonchev–Trinajstić information content (AvgIpc) is 2.33. The van der Waals surface area contributed by atoms with Crippen LogP contribution in [0.1, 0.15) is 34.1 Å². The van der Waals surface area contributed by atoms with Gasteiger partial charge in [-0.15, -0.1) is 0 Å². The van der Waals surface area contributed by atoms with E-state index in [0.29, 0.717) is 0 Å². The lowest BCUT2D eigenvalue weighted by Crippen LogP contribution is -2.46. The van der Waals surface area contributed by atoms with E-state index in [4.69, 9.17) is 4.43 Å². The van der Waals surface area contributed by atoms with Crippen molar-refractivity contribution in [2.75, 3.05) is 6.54 Å². The van der Waals surface area contributed by atoms with Gasteiger partial charge in [0.1, 0.15) is 0 Å². The second-order valence-electron chi connectivity index (χ2n) is 6.11. The topological polar surface area (TPSA) is 32.7 Å². The van der Waals surface area contributed by atoms with Gasteiger partial charge in [-0.1, -0.05) is 20.8 Å². The standard InChI is InChI=1S/C11H25NO2Si/c1-9-10(7-8-12(9)13)14-15(5,6)11(2,3)4/h9-10,13H,7-8H2,1-6H3/t9-,10-/m0/s1. The molecule has 1 N–H and O–H groups in total. The highest BCUT2D eigenvalue weighted by atomic mass is 28.4. The van der Waals surface area contributed by atoms with E-state index in [2.05, 4.69) is 33.9 Å². The first-order valence-corrected chi connectivity index (χ1v) is 8.69. The number of hydroxylamine groups is 2. The van der Waals surface area contributed by atoms with Crippen LogP contribution >= 0.6 is 0 Å². The van der Waals surface area contributed by atoms with Crippen LogP contribution in [-0.4, -0.2) is 37.3 Å². The van der Waals surface area contributed by atoms with Gasteiger partial charge in [-0.2, -0.15) is 5.06 Å². The Morgan fingerprint density at radius 1 is 1.33 bits per heavy atom. The van der Waals surface area contributed by atoms with Gasteiger partial charge in [0.25, 0.3) is 0 Å². The van der Waals surface area contributed by atoms with Crippen molar-refractivity contribution in [2.45, 2.75) is 64.4 Å². The monoisotopic (exact) mass is 231 g/mol. The molecule has 0 aliphatic carbocycles. The third-order valence-electron chi connectivity index (χ3n) is 3.90. The maximum absolute atomic E-state index is 9.54. The van der Waals surface area contributed by atoms with Gasteiger partial charge < -0.3 is 9.63 Å². The van der Waals surface area contributed by atoms with E-state index >= 15 is 0 Å². The predicted octanol–water partition coefficient (Wildman–Crippen LogP) is 2.86. The molecule has 0 amide bonds. The van der Waals surface area contributed by atoms with E-state index in [1.807, 2.05) is 6.92 Å². The molecule has 0 unspecified atom stereocenters. The smallest absolute Gasteiger partial charge is 0.192 e. The highest BCUT2D eigenvalue weighted by Gasteiger charge is 2.42. The number of hydrogen-bond acceptors (Lipinski definition) is 3. The molecule has 0 bridgehead atoms. The van der Waals surface area contributed by atoms with Crippen molar-refractivity contribution < 1.29 is 9.63 Å². The van der Waals surface area contributed by atoms with Crippen molar-refractivity contribution in [3.05, 3.63) is 0 Å². The molecule has 3 nitrogen and oxygen atoms in total. The summed E-state index contributed by atoms with van der Waals surface area (Å²) < 4.78 is 6.28. The Labute approximate surface area is 94.5 Å². The highest BCUT2D eigenvalue weighted by molar-refractivity contribution is 6.74. The molecule has 1 rings (SSSR count). The van der Waals surface area contributed by atoms with Crippen LogP contribution in [0.5, 0.6) is 0 Å². The summed E-state index contributed by atoms with van der Waals surface area (Å²) in [7, 11) is -1.68. The lowest BCUT2D eigenvalue weighted by molar-refractivity contribution is -0.108. The quantitative estimate of drug-likeness (QED) is 0.742. The normalized spacial score (nSPS) is 29.8. The van der Waals surface area contributed by atoms with Gasteiger partial charge in [0.15, 0.2) is 8.32 Å². The molecule has 15 heavy (non-hydrogen) atoms. The summed E-state index contributed by atoms with van der Waals surface area (Å²) >= 11 is 0. The van der Waals surface area contributed by atoms with Gasteiger partial charge in [-0.05, 0) is 31.5 Å². The van der Waals surface area contributed by atoms with Crippen LogP contribution < -0.4 is 0 Å². The largest absolute Gasteiger partial charge is 0.412 e. The molecule has 1 aliphatic rings. The van der Waals surface area contributed by atoms with E-state index in [1.165, 1.54) is 5.06 Å². The SMILES string of the molecule is C[C@H]1[C@@H](O[Si](C)(C)C(C)(C)C)CCN1O. The highest BCUT2D eigenvalue weighted by Crippen LogP contribution is 2.38. The Kier molecular flexibility index (Phi) is 3.65. The predicted molar refractivity (Wildman–Crippen MR) is 64.6 cm³/mol. The average molecular weight is 231 g/mol. The first kappa shape index (κ1) is 13.2. The Hall–Kier alpha value is 0.0969. The van der Waals surface area contributed by atoms with E-state index in [1.54, 1.807) is 0 Å². The molecule has 0 saturated carbocycles. The minimum absolute atomic E-state index is 0.138. The lowest BCUT2D eigenvalue weighted by atomic mass is 10.2. The minimum Gasteiger partial charge on any atom is -0.412 e. The minimum atomic E-state index is -1.68. The van der Waals surface area contributed by atoms with Crippen LogP contribution in [0.15, 0.2) is 0 Å². The van der Waals surface area contributed by atoms with E-state index in [9.17, 15) is 5.21 Å². The van der Waals surface area contributed by atoms with Crippen molar-refractivity contribution in [1.29, 1.82) is 0 Å². The molecule has 1 fully saturated rings. The Morgan fingerprint density at radius 3 is 2.20 bits per heavy atom. The van der Waals surface area contributed by atoms with Crippen LogP contribution in [0.2, 0.25) is 18.1 Å². The summed E-state index contributed by atoms with van der Waals surface area (Å²) in [4.78, 5) is 0. The summed E-state index contributed by atoms with van der Waals surface area (Å²) in [6.45, 7) is 14.0. The fraction of sp³-hybridized carbons (Fsp3) is 1.00. The van der Waals surface area contributed by atoms with Crippen molar-refractivity contribution in [1.82, 2.24) is 5.06 Å². The van der Waals surface area contributed by atoms with Crippen LogP contribution in [0.4, 0.5) is 0 Å². The molecule has 90 valence electrons. The molecule has 0 aromatic heterocycles. The van der Waals surface area contributed by atoms with Gasteiger partial charge in [0.2, 0.25) is 0 Å². The summed E-state index contributed by atoms with van der Waals surface area (Å²) in [6, 6.07) is 0.138. The number of rotatable bonds is 2. The molecule has 1 heterocycles. The Morgan fingerprint density at radius 2 is 1.87 bits per heavy atom. The zero-order valence-electron chi connectivity index (χ0n) is 10.9. The molecule has 2 atom stereocenters. The zero-order valence-corrected chi connectivity index (χ0v) is 11.9. The molecular weight excluding hydrogens is 206 g/mol. The first-order valence-electron chi connectivity index (χ1n) is 5.78. The zero-order chi connectivity index (χ0) is 11.9. The van der Waals surface area contributed by atoms with Crippen molar-refractivity contribution in [2.24, 2.45) is 0 Å². The fourth-order valence-corrected chi connectivity index (χ4v) is 3.03. The molecule has 1 aliphatic heterocycles. The second kappa shape index (κ2) is 4.16. The van der Waals surface area contributed by atoms with Crippen LogP contribution in [0.3, 0.4) is 0 Å². The van der Waals surface area contributed by atoms with Crippen molar-refractivity contribution in [3.8, 4) is 0 Å². The molecule has 0 radical (unpaired) electrons.